The Morgan fingerprint density at radius 3 is 2.65 bits per heavy atom. The minimum atomic E-state index is 0.102. The fraction of sp³-hybridized carbons (Fsp3) is 0.600. The van der Waals surface area contributed by atoms with Crippen LogP contribution in [0.4, 0.5) is 0 Å². The summed E-state index contributed by atoms with van der Waals surface area (Å²) in [5.74, 6) is 0.865. The number of halogens is 1. The van der Waals surface area contributed by atoms with Crippen LogP contribution in [-0.4, -0.2) is 45.1 Å². The van der Waals surface area contributed by atoms with Gasteiger partial charge in [-0.1, -0.05) is 34.7 Å². The number of ether oxygens (including phenoxy) is 4. The predicted octanol–water partition coefficient (Wildman–Crippen LogP) is 3.24. The smallest absolute Gasteiger partial charge is 0.119 e. The van der Waals surface area contributed by atoms with Crippen molar-refractivity contribution in [3.8, 4) is 5.75 Å². The van der Waals surface area contributed by atoms with Gasteiger partial charge in [0.05, 0.1) is 26.4 Å². The number of hydrogen-bond acceptors (Lipinski definition) is 4. The molecule has 20 heavy (non-hydrogen) atoms. The number of alkyl halides is 1. The second kappa shape index (κ2) is 11.3. The van der Waals surface area contributed by atoms with Gasteiger partial charge in [-0.15, -0.1) is 0 Å². The van der Waals surface area contributed by atoms with Gasteiger partial charge in [-0.3, -0.25) is 0 Å². The van der Waals surface area contributed by atoms with Gasteiger partial charge in [0.2, 0.25) is 0 Å². The Kier molecular flexibility index (Phi) is 10.00. The normalized spacial score (nSPS) is 12.3. The van der Waals surface area contributed by atoms with Gasteiger partial charge in [0, 0.05) is 24.8 Å². The van der Waals surface area contributed by atoms with Gasteiger partial charge < -0.3 is 18.9 Å². The third-order valence-electron chi connectivity index (χ3n) is 2.79. The van der Waals surface area contributed by atoms with E-state index in [2.05, 4.69) is 28.7 Å². The summed E-state index contributed by atoms with van der Waals surface area (Å²) in [6, 6.07) is 8.03. The summed E-state index contributed by atoms with van der Waals surface area (Å²) in [4.78, 5) is 0. The lowest BCUT2D eigenvalue weighted by molar-refractivity contribution is 0.0321. The van der Waals surface area contributed by atoms with Crippen molar-refractivity contribution in [3.63, 3.8) is 0 Å². The molecule has 1 rings (SSSR count). The van der Waals surface area contributed by atoms with E-state index in [-0.39, 0.29) is 6.10 Å². The van der Waals surface area contributed by atoms with E-state index in [4.69, 9.17) is 18.9 Å². The third kappa shape index (κ3) is 6.88. The van der Waals surface area contributed by atoms with Crippen LogP contribution >= 0.6 is 22.6 Å². The fourth-order valence-electron chi connectivity index (χ4n) is 1.70. The molecule has 0 amide bonds. The topological polar surface area (TPSA) is 36.9 Å². The van der Waals surface area contributed by atoms with Crippen LogP contribution in [0, 0.1) is 0 Å². The van der Waals surface area contributed by atoms with Crippen molar-refractivity contribution in [1.82, 2.24) is 0 Å². The molecule has 0 fully saturated rings. The molecule has 0 bridgehead atoms. The van der Waals surface area contributed by atoms with Gasteiger partial charge in [0.15, 0.2) is 0 Å². The van der Waals surface area contributed by atoms with E-state index in [1.54, 1.807) is 14.2 Å². The van der Waals surface area contributed by atoms with Crippen LogP contribution in [0.2, 0.25) is 0 Å². The van der Waals surface area contributed by atoms with E-state index >= 15 is 0 Å². The molecule has 0 radical (unpaired) electrons. The van der Waals surface area contributed by atoms with Gasteiger partial charge in [-0.25, -0.2) is 0 Å². The summed E-state index contributed by atoms with van der Waals surface area (Å²) in [5.41, 5.74) is 1.15. The first-order valence-corrected chi connectivity index (χ1v) is 8.22. The molecule has 4 nitrogen and oxygen atoms in total. The lowest BCUT2D eigenvalue weighted by atomic mass is 10.1. The largest absolute Gasteiger partial charge is 0.497 e. The van der Waals surface area contributed by atoms with Crippen molar-refractivity contribution in [3.05, 3.63) is 29.8 Å². The highest BCUT2D eigenvalue weighted by atomic mass is 127. The Morgan fingerprint density at radius 1 is 1.10 bits per heavy atom. The first-order valence-electron chi connectivity index (χ1n) is 6.70. The van der Waals surface area contributed by atoms with Crippen molar-refractivity contribution in [2.75, 3.05) is 45.1 Å². The van der Waals surface area contributed by atoms with Crippen molar-refractivity contribution < 1.29 is 18.9 Å². The van der Waals surface area contributed by atoms with E-state index in [9.17, 15) is 0 Å². The zero-order valence-electron chi connectivity index (χ0n) is 12.1. The molecule has 0 aliphatic heterocycles. The van der Waals surface area contributed by atoms with E-state index < -0.39 is 0 Å². The second-order valence-electron chi connectivity index (χ2n) is 4.25. The molecule has 0 heterocycles. The van der Waals surface area contributed by atoms with Crippen LogP contribution in [0.1, 0.15) is 18.1 Å². The van der Waals surface area contributed by atoms with E-state index in [0.717, 1.165) is 22.2 Å². The lowest BCUT2D eigenvalue weighted by Crippen LogP contribution is -2.10. The molecule has 0 aliphatic carbocycles. The Morgan fingerprint density at radius 2 is 1.95 bits per heavy atom. The SMILES string of the molecule is COCCOCCCOC(CI)c1cccc(OC)c1. The number of hydrogen-bond donors (Lipinski definition) is 0. The molecule has 5 heteroatoms. The third-order valence-corrected chi connectivity index (χ3v) is 3.59. The molecule has 0 N–H and O–H groups in total. The van der Waals surface area contributed by atoms with Crippen molar-refractivity contribution in [2.45, 2.75) is 12.5 Å². The predicted molar refractivity (Wildman–Crippen MR) is 87.9 cm³/mol. The second-order valence-corrected chi connectivity index (χ2v) is 5.13. The van der Waals surface area contributed by atoms with Crippen LogP contribution in [0.25, 0.3) is 0 Å². The Labute approximate surface area is 134 Å². The summed E-state index contributed by atoms with van der Waals surface area (Å²) in [6.45, 7) is 2.68. The first kappa shape index (κ1) is 17.7. The summed E-state index contributed by atoms with van der Waals surface area (Å²) in [6.07, 6.45) is 0.991. The van der Waals surface area contributed by atoms with Crippen LogP contribution in [-0.2, 0) is 14.2 Å². The standard InChI is InChI=1S/C15H23IO4/c1-17-9-10-19-7-4-8-20-15(12-16)13-5-3-6-14(11-13)18-2/h3,5-6,11,15H,4,7-10,12H2,1-2H3. The Balaban J connectivity index is 2.28. The molecule has 1 atom stereocenters. The molecule has 0 saturated carbocycles. The zero-order valence-corrected chi connectivity index (χ0v) is 14.3. The maximum Gasteiger partial charge on any atom is 0.119 e. The maximum atomic E-state index is 5.91. The van der Waals surface area contributed by atoms with E-state index in [1.165, 1.54) is 0 Å². The lowest BCUT2D eigenvalue weighted by Gasteiger charge is -2.16. The van der Waals surface area contributed by atoms with Crippen molar-refractivity contribution >= 4 is 22.6 Å². The molecular weight excluding hydrogens is 371 g/mol. The molecule has 0 saturated heterocycles. The molecule has 1 aromatic rings. The van der Waals surface area contributed by atoms with Crippen molar-refractivity contribution in [2.24, 2.45) is 0 Å². The summed E-state index contributed by atoms with van der Waals surface area (Å²) < 4.78 is 22.4. The molecule has 114 valence electrons. The molecule has 0 aromatic heterocycles. The quantitative estimate of drug-likeness (QED) is 0.328. The van der Waals surface area contributed by atoms with Crippen LogP contribution in [0.3, 0.4) is 0 Å². The number of methoxy groups -OCH3 is 2. The molecule has 1 unspecified atom stereocenters. The Hall–Kier alpha value is -0.370. The summed E-state index contributed by atoms with van der Waals surface area (Å²) in [5, 5.41) is 0. The van der Waals surface area contributed by atoms with E-state index in [0.29, 0.717) is 26.4 Å². The van der Waals surface area contributed by atoms with E-state index in [1.807, 2.05) is 18.2 Å². The average Bonchev–Trinajstić information content (AvgIpc) is 2.50. The highest BCUT2D eigenvalue weighted by Crippen LogP contribution is 2.23. The maximum absolute atomic E-state index is 5.91. The fourth-order valence-corrected chi connectivity index (χ4v) is 2.47. The van der Waals surface area contributed by atoms with Crippen LogP contribution in [0.5, 0.6) is 5.75 Å². The highest BCUT2D eigenvalue weighted by Gasteiger charge is 2.11. The van der Waals surface area contributed by atoms with Gasteiger partial charge in [-0.05, 0) is 24.1 Å². The van der Waals surface area contributed by atoms with Crippen molar-refractivity contribution in [1.29, 1.82) is 0 Å². The highest BCUT2D eigenvalue weighted by molar-refractivity contribution is 14.1. The van der Waals surface area contributed by atoms with Crippen LogP contribution < -0.4 is 4.74 Å². The first-order chi connectivity index (χ1) is 9.81. The molecule has 1 aromatic carbocycles. The van der Waals surface area contributed by atoms with Crippen LogP contribution in [0.15, 0.2) is 24.3 Å². The number of rotatable bonds is 11. The molecule has 0 aliphatic rings. The van der Waals surface area contributed by atoms with Gasteiger partial charge in [-0.2, -0.15) is 0 Å². The molecule has 0 spiro atoms. The minimum absolute atomic E-state index is 0.102. The van der Waals surface area contributed by atoms with Gasteiger partial charge in [0.25, 0.3) is 0 Å². The summed E-state index contributed by atoms with van der Waals surface area (Å²) >= 11 is 2.34. The summed E-state index contributed by atoms with van der Waals surface area (Å²) in [7, 11) is 3.35. The van der Waals surface area contributed by atoms with Gasteiger partial charge in [0.1, 0.15) is 5.75 Å². The number of benzene rings is 1. The Bertz CT molecular complexity index is 359. The zero-order chi connectivity index (χ0) is 14.6. The van der Waals surface area contributed by atoms with Gasteiger partial charge >= 0.3 is 0 Å². The minimum Gasteiger partial charge on any atom is -0.497 e. The average molecular weight is 394 g/mol. The molecular formula is C15H23IO4. The monoisotopic (exact) mass is 394 g/mol.